The maximum absolute atomic E-state index is 12.6. The minimum Gasteiger partial charge on any atom is -0.397 e. The Morgan fingerprint density at radius 3 is 2.95 bits per heavy atom. The summed E-state index contributed by atoms with van der Waals surface area (Å²) < 4.78 is 1.69. The lowest BCUT2D eigenvalue weighted by Gasteiger charge is -2.21. The van der Waals surface area contributed by atoms with Crippen LogP contribution in [0, 0.1) is 11.3 Å². The molecule has 0 radical (unpaired) electrons. The van der Waals surface area contributed by atoms with Gasteiger partial charge in [0.1, 0.15) is 5.69 Å². The number of nitrogens with two attached hydrogens (primary N) is 1. The van der Waals surface area contributed by atoms with Gasteiger partial charge in [-0.2, -0.15) is 5.26 Å². The maximum Gasteiger partial charge on any atom is 0.270 e. The van der Waals surface area contributed by atoms with Crippen LogP contribution in [0.25, 0.3) is 0 Å². The minimum atomic E-state index is -0.145. The summed E-state index contributed by atoms with van der Waals surface area (Å²) in [6.07, 6.45) is 5.38. The van der Waals surface area contributed by atoms with E-state index < -0.39 is 0 Å². The fraction of sp³-hybridized carbons (Fsp3) is 0.267. The zero-order valence-corrected chi connectivity index (χ0v) is 11.9. The molecule has 0 unspecified atom stereocenters. The predicted molar refractivity (Wildman–Crippen MR) is 79.0 cm³/mol. The van der Waals surface area contributed by atoms with Crippen LogP contribution >= 0.6 is 0 Å². The van der Waals surface area contributed by atoms with E-state index >= 15 is 0 Å². The van der Waals surface area contributed by atoms with E-state index in [4.69, 9.17) is 11.0 Å². The van der Waals surface area contributed by atoms with Crippen LogP contribution in [0.1, 0.15) is 22.5 Å². The highest BCUT2D eigenvalue weighted by Crippen LogP contribution is 2.14. The lowest BCUT2D eigenvalue weighted by atomic mass is 10.2. The lowest BCUT2D eigenvalue weighted by Crippen LogP contribution is -2.32. The molecule has 0 aliphatic heterocycles. The molecule has 0 aliphatic carbocycles. The number of nitrogens with zero attached hydrogens (tertiary/aromatic N) is 4. The third-order valence-corrected chi connectivity index (χ3v) is 3.12. The Bertz CT molecular complexity index is 656. The second-order valence-electron chi connectivity index (χ2n) is 4.77. The van der Waals surface area contributed by atoms with Gasteiger partial charge in [0.05, 0.1) is 18.2 Å². The molecule has 6 nitrogen and oxygen atoms in total. The van der Waals surface area contributed by atoms with Crippen LogP contribution in [0.15, 0.2) is 36.8 Å². The van der Waals surface area contributed by atoms with Crippen molar-refractivity contribution in [1.29, 1.82) is 5.26 Å². The largest absolute Gasteiger partial charge is 0.397 e. The van der Waals surface area contributed by atoms with E-state index in [-0.39, 0.29) is 12.3 Å². The van der Waals surface area contributed by atoms with Crippen molar-refractivity contribution in [3.05, 3.63) is 48.0 Å². The van der Waals surface area contributed by atoms with Crippen LogP contribution in [0.3, 0.4) is 0 Å². The number of carbonyl (C=O) groups excluding carboxylic acids is 1. The summed E-state index contributed by atoms with van der Waals surface area (Å²) in [6.45, 7) is 0.786. The van der Waals surface area contributed by atoms with Gasteiger partial charge >= 0.3 is 0 Å². The molecule has 0 atom stereocenters. The molecule has 2 aromatic rings. The highest BCUT2D eigenvalue weighted by Gasteiger charge is 2.19. The fourth-order valence-electron chi connectivity index (χ4n) is 2.11. The number of pyridine rings is 1. The van der Waals surface area contributed by atoms with E-state index in [0.717, 1.165) is 5.56 Å². The SMILES string of the molecule is Cn1cc(N)cc1C(=O)N(CCC#N)Cc1cccnc1. The normalized spacial score (nSPS) is 10.1. The number of aryl methyl sites for hydroxylation is 1. The maximum atomic E-state index is 12.6. The molecule has 2 aromatic heterocycles. The van der Waals surface area contributed by atoms with Gasteiger partial charge in [0, 0.05) is 38.7 Å². The van der Waals surface area contributed by atoms with Gasteiger partial charge in [-0.05, 0) is 17.7 Å². The Hall–Kier alpha value is -2.81. The molecule has 2 N–H and O–H groups in total. The number of anilines is 1. The molecule has 108 valence electrons. The molecule has 0 saturated carbocycles. The van der Waals surface area contributed by atoms with Gasteiger partial charge < -0.3 is 15.2 Å². The molecular formula is C15H17N5O. The first-order valence-corrected chi connectivity index (χ1v) is 6.59. The van der Waals surface area contributed by atoms with Gasteiger partial charge in [0.25, 0.3) is 5.91 Å². The number of rotatable bonds is 5. The van der Waals surface area contributed by atoms with Gasteiger partial charge in [-0.15, -0.1) is 0 Å². The van der Waals surface area contributed by atoms with Crippen LogP contribution < -0.4 is 5.73 Å². The van der Waals surface area contributed by atoms with Crippen molar-refractivity contribution in [3.63, 3.8) is 0 Å². The van der Waals surface area contributed by atoms with Crippen LogP contribution in [-0.4, -0.2) is 26.9 Å². The number of nitriles is 1. The van der Waals surface area contributed by atoms with E-state index in [2.05, 4.69) is 11.1 Å². The molecule has 0 spiro atoms. The molecule has 21 heavy (non-hydrogen) atoms. The Balaban J connectivity index is 2.21. The molecule has 0 saturated heterocycles. The van der Waals surface area contributed by atoms with Crippen molar-refractivity contribution in [2.45, 2.75) is 13.0 Å². The second kappa shape index (κ2) is 6.57. The zero-order valence-electron chi connectivity index (χ0n) is 11.9. The number of hydrogen-bond donors (Lipinski definition) is 1. The van der Waals surface area contributed by atoms with Gasteiger partial charge in [0.15, 0.2) is 0 Å². The minimum absolute atomic E-state index is 0.145. The average molecular weight is 283 g/mol. The molecule has 1 amide bonds. The number of amides is 1. The van der Waals surface area contributed by atoms with Crippen molar-refractivity contribution in [1.82, 2.24) is 14.5 Å². The molecule has 6 heteroatoms. The topological polar surface area (TPSA) is 87.9 Å². The van der Waals surface area contributed by atoms with Crippen LogP contribution in [0.4, 0.5) is 5.69 Å². The molecular weight excluding hydrogens is 266 g/mol. The molecule has 0 fully saturated rings. The van der Waals surface area contributed by atoms with E-state index in [1.165, 1.54) is 0 Å². The standard InChI is InChI=1S/C15H17N5O/c1-19-11-13(17)8-14(19)15(21)20(7-3-5-16)10-12-4-2-6-18-9-12/h2,4,6,8-9,11H,3,7,10,17H2,1H3. The predicted octanol–water partition coefficient (Wildman–Crippen LogP) is 1.56. The Morgan fingerprint density at radius 2 is 2.38 bits per heavy atom. The smallest absolute Gasteiger partial charge is 0.270 e. The molecule has 0 aliphatic rings. The van der Waals surface area contributed by atoms with Crippen molar-refractivity contribution in [3.8, 4) is 6.07 Å². The number of carbonyl (C=O) groups is 1. The van der Waals surface area contributed by atoms with E-state index in [0.29, 0.717) is 24.5 Å². The van der Waals surface area contributed by atoms with Crippen LogP contribution in [0.5, 0.6) is 0 Å². The first-order chi connectivity index (χ1) is 10.1. The molecule has 0 bridgehead atoms. The summed E-state index contributed by atoms with van der Waals surface area (Å²) in [6, 6.07) is 7.44. The summed E-state index contributed by atoms with van der Waals surface area (Å²) in [5.74, 6) is -0.145. The first kappa shape index (κ1) is 14.6. The Morgan fingerprint density at radius 1 is 1.57 bits per heavy atom. The zero-order chi connectivity index (χ0) is 15.2. The summed E-state index contributed by atoms with van der Waals surface area (Å²) in [5.41, 5.74) is 7.69. The van der Waals surface area contributed by atoms with Crippen LogP contribution in [0.2, 0.25) is 0 Å². The highest BCUT2D eigenvalue weighted by molar-refractivity contribution is 5.93. The van der Waals surface area contributed by atoms with Gasteiger partial charge in [-0.3, -0.25) is 9.78 Å². The average Bonchev–Trinajstić information content (AvgIpc) is 2.82. The lowest BCUT2D eigenvalue weighted by molar-refractivity contribution is 0.0737. The number of hydrogen-bond acceptors (Lipinski definition) is 4. The van der Waals surface area contributed by atoms with Gasteiger partial charge in [-0.25, -0.2) is 0 Å². The summed E-state index contributed by atoms with van der Waals surface area (Å²) in [4.78, 5) is 18.3. The molecule has 2 rings (SSSR count). The summed E-state index contributed by atoms with van der Waals surface area (Å²) >= 11 is 0. The monoisotopic (exact) mass is 283 g/mol. The van der Waals surface area contributed by atoms with E-state index in [1.807, 2.05) is 12.1 Å². The third-order valence-electron chi connectivity index (χ3n) is 3.12. The second-order valence-corrected chi connectivity index (χ2v) is 4.77. The van der Waals surface area contributed by atoms with Crippen molar-refractivity contribution < 1.29 is 4.79 Å². The summed E-state index contributed by atoms with van der Waals surface area (Å²) in [7, 11) is 1.77. The molecule has 0 aromatic carbocycles. The first-order valence-electron chi connectivity index (χ1n) is 6.59. The van der Waals surface area contributed by atoms with Gasteiger partial charge in [0.2, 0.25) is 0 Å². The van der Waals surface area contributed by atoms with Crippen molar-refractivity contribution >= 4 is 11.6 Å². The third kappa shape index (κ3) is 3.60. The van der Waals surface area contributed by atoms with E-state index in [1.54, 1.807) is 41.2 Å². The summed E-state index contributed by atoms with van der Waals surface area (Å²) in [5, 5.41) is 8.77. The van der Waals surface area contributed by atoms with E-state index in [9.17, 15) is 4.79 Å². The van der Waals surface area contributed by atoms with Crippen molar-refractivity contribution in [2.75, 3.05) is 12.3 Å². The molecule has 2 heterocycles. The fourth-order valence-corrected chi connectivity index (χ4v) is 2.11. The Labute approximate surface area is 123 Å². The van der Waals surface area contributed by atoms with Gasteiger partial charge in [-0.1, -0.05) is 6.07 Å². The van der Waals surface area contributed by atoms with Crippen LogP contribution in [-0.2, 0) is 13.6 Å². The number of aromatic nitrogens is 2. The highest BCUT2D eigenvalue weighted by atomic mass is 16.2. The van der Waals surface area contributed by atoms with Crippen molar-refractivity contribution in [2.24, 2.45) is 7.05 Å². The Kier molecular flexibility index (Phi) is 4.57. The quantitative estimate of drug-likeness (QED) is 0.902. The number of nitrogen functional groups attached to an aromatic ring is 1.